The topological polar surface area (TPSA) is 58.6 Å². The molecule has 0 aromatic heterocycles. The SMILES string of the molecule is O=C(NCC1CN(C2CC2)C(=O)O1)c1cccc(-c2ccccc2)c1. The van der Waals surface area contributed by atoms with Crippen LogP contribution in [-0.2, 0) is 4.74 Å². The fourth-order valence-electron chi connectivity index (χ4n) is 3.11. The monoisotopic (exact) mass is 336 g/mol. The van der Waals surface area contributed by atoms with Crippen molar-refractivity contribution < 1.29 is 14.3 Å². The summed E-state index contributed by atoms with van der Waals surface area (Å²) in [6.45, 7) is 0.900. The van der Waals surface area contributed by atoms with Crippen molar-refractivity contribution in [1.29, 1.82) is 0 Å². The second kappa shape index (κ2) is 6.59. The molecule has 1 N–H and O–H groups in total. The molecule has 2 aromatic carbocycles. The molecular formula is C20H20N2O3. The number of nitrogens with one attached hydrogen (secondary N) is 1. The maximum atomic E-state index is 12.4. The molecule has 1 aliphatic carbocycles. The van der Waals surface area contributed by atoms with E-state index in [4.69, 9.17) is 4.74 Å². The van der Waals surface area contributed by atoms with Gasteiger partial charge in [-0.05, 0) is 36.1 Å². The molecule has 2 fully saturated rings. The van der Waals surface area contributed by atoms with Crippen LogP contribution >= 0.6 is 0 Å². The van der Waals surface area contributed by atoms with E-state index in [-0.39, 0.29) is 18.1 Å². The molecule has 0 radical (unpaired) electrons. The van der Waals surface area contributed by atoms with Gasteiger partial charge in [0.2, 0.25) is 0 Å². The smallest absolute Gasteiger partial charge is 0.410 e. The fourth-order valence-corrected chi connectivity index (χ4v) is 3.11. The van der Waals surface area contributed by atoms with Crippen molar-refractivity contribution in [3.05, 3.63) is 60.2 Å². The van der Waals surface area contributed by atoms with Gasteiger partial charge in [0.05, 0.1) is 13.1 Å². The molecule has 4 rings (SSSR count). The van der Waals surface area contributed by atoms with Crippen LogP contribution in [0.5, 0.6) is 0 Å². The van der Waals surface area contributed by atoms with Gasteiger partial charge in [-0.3, -0.25) is 4.79 Å². The summed E-state index contributed by atoms with van der Waals surface area (Å²) in [5.74, 6) is -0.154. The van der Waals surface area contributed by atoms with Gasteiger partial charge in [0.25, 0.3) is 5.91 Å². The highest BCUT2D eigenvalue weighted by molar-refractivity contribution is 5.95. The van der Waals surface area contributed by atoms with Gasteiger partial charge in [0, 0.05) is 11.6 Å². The third kappa shape index (κ3) is 3.50. The second-order valence-corrected chi connectivity index (χ2v) is 6.55. The number of nitrogens with zero attached hydrogens (tertiary/aromatic N) is 1. The molecule has 2 aromatic rings. The Kier molecular flexibility index (Phi) is 4.14. The van der Waals surface area contributed by atoms with Crippen LogP contribution in [0.4, 0.5) is 4.79 Å². The normalized spacial score (nSPS) is 19.6. The Labute approximate surface area is 146 Å². The van der Waals surface area contributed by atoms with Gasteiger partial charge in [-0.25, -0.2) is 4.79 Å². The third-order valence-electron chi connectivity index (χ3n) is 4.61. The lowest BCUT2D eigenvalue weighted by Gasteiger charge is -2.12. The minimum Gasteiger partial charge on any atom is -0.442 e. The van der Waals surface area contributed by atoms with Crippen LogP contribution in [0.2, 0.25) is 0 Å². The molecule has 5 nitrogen and oxygen atoms in total. The molecule has 1 heterocycles. The van der Waals surface area contributed by atoms with Crippen molar-refractivity contribution in [2.45, 2.75) is 25.0 Å². The lowest BCUT2D eigenvalue weighted by Crippen LogP contribution is -2.35. The van der Waals surface area contributed by atoms with E-state index in [0.29, 0.717) is 24.7 Å². The summed E-state index contributed by atoms with van der Waals surface area (Å²) >= 11 is 0. The highest BCUT2D eigenvalue weighted by atomic mass is 16.6. The van der Waals surface area contributed by atoms with Crippen LogP contribution in [0.15, 0.2) is 54.6 Å². The molecular weight excluding hydrogens is 316 g/mol. The van der Waals surface area contributed by atoms with Crippen LogP contribution in [0.3, 0.4) is 0 Å². The van der Waals surface area contributed by atoms with Gasteiger partial charge < -0.3 is 15.0 Å². The number of amides is 2. The van der Waals surface area contributed by atoms with Gasteiger partial charge in [-0.15, -0.1) is 0 Å². The highest BCUT2D eigenvalue weighted by Crippen LogP contribution is 2.30. The zero-order chi connectivity index (χ0) is 17.2. The van der Waals surface area contributed by atoms with Gasteiger partial charge in [0.15, 0.2) is 0 Å². The highest BCUT2D eigenvalue weighted by Gasteiger charge is 2.40. The van der Waals surface area contributed by atoms with Crippen molar-refractivity contribution in [2.24, 2.45) is 0 Å². The van der Waals surface area contributed by atoms with Crippen molar-refractivity contribution in [3.63, 3.8) is 0 Å². The van der Waals surface area contributed by atoms with Gasteiger partial charge in [0.1, 0.15) is 6.10 Å². The number of hydrogen-bond acceptors (Lipinski definition) is 3. The maximum Gasteiger partial charge on any atom is 0.410 e. The lowest BCUT2D eigenvalue weighted by molar-refractivity contribution is 0.0914. The summed E-state index contributed by atoms with van der Waals surface area (Å²) in [6, 6.07) is 17.8. The molecule has 2 amide bonds. The van der Waals surface area contributed by atoms with Crippen LogP contribution in [0.25, 0.3) is 11.1 Å². The van der Waals surface area contributed by atoms with Crippen LogP contribution in [-0.4, -0.2) is 42.1 Å². The van der Waals surface area contributed by atoms with Crippen molar-refractivity contribution in [2.75, 3.05) is 13.1 Å². The van der Waals surface area contributed by atoms with Crippen LogP contribution in [0, 0.1) is 0 Å². The quantitative estimate of drug-likeness (QED) is 0.913. The van der Waals surface area contributed by atoms with Gasteiger partial charge >= 0.3 is 6.09 Å². The summed E-state index contributed by atoms with van der Waals surface area (Å²) in [5, 5.41) is 2.88. The van der Waals surface area contributed by atoms with Gasteiger partial charge in [-0.1, -0.05) is 42.5 Å². The van der Waals surface area contributed by atoms with Crippen molar-refractivity contribution >= 4 is 12.0 Å². The first kappa shape index (κ1) is 15.7. The second-order valence-electron chi connectivity index (χ2n) is 6.55. The number of carbonyl (C=O) groups excluding carboxylic acids is 2. The average Bonchev–Trinajstić information content (AvgIpc) is 3.43. The molecule has 0 bridgehead atoms. The molecule has 1 unspecified atom stereocenters. The number of cyclic esters (lactones) is 1. The Balaban J connectivity index is 1.38. The zero-order valence-electron chi connectivity index (χ0n) is 13.9. The zero-order valence-corrected chi connectivity index (χ0v) is 13.9. The predicted molar refractivity (Wildman–Crippen MR) is 94.2 cm³/mol. The van der Waals surface area contributed by atoms with Crippen molar-refractivity contribution in [1.82, 2.24) is 10.2 Å². The molecule has 1 saturated heterocycles. The van der Waals surface area contributed by atoms with E-state index in [1.54, 1.807) is 11.0 Å². The molecule has 5 heteroatoms. The number of carbonyl (C=O) groups is 2. The Hall–Kier alpha value is -2.82. The predicted octanol–water partition coefficient (Wildman–Crippen LogP) is 3.07. The van der Waals surface area contributed by atoms with E-state index in [1.807, 2.05) is 48.5 Å². The third-order valence-corrected chi connectivity index (χ3v) is 4.61. The Morgan fingerprint density at radius 1 is 1.08 bits per heavy atom. The summed E-state index contributed by atoms with van der Waals surface area (Å²) < 4.78 is 5.33. The Morgan fingerprint density at radius 3 is 2.60 bits per heavy atom. The summed E-state index contributed by atoms with van der Waals surface area (Å²) in [5.41, 5.74) is 2.67. The molecule has 0 spiro atoms. The average molecular weight is 336 g/mol. The van der Waals surface area contributed by atoms with E-state index < -0.39 is 0 Å². The molecule has 1 aliphatic heterocycles. The standard InChI is InChI=1S/C20H20N2O3/c23-19(21-12-18-13-22(17-9-10-17)20(24)25-18)16-8-4-7-15(11-16)14-5-2-1-3-6-14/h1-8,11,17-18H,9-10,12-13H2,(H,21,23). The van der Waals surface area contributed by atoms with Crippen LogP contribution in [0.1, 0.15) is 23.2 Å². The molecule has 1 saturated carbocycles. The minimum atomic E-state index is -0.269. The van der Waals surface area contributed by atoms with Crippen molar-refractivity contribution in [3.8, 4) is 11.1 Å². The van der Waals surface area contributed by atoms with E-state index in [0.717, 1.165) is 24.0 Å². The summed E-state index contributed by atoms with van der Waals surface area (Å²) in [6.07, 6.45) is 1.59. The first-order valence-corrected chi connectivity index (χ1v) is 8.61. The summed E-state index contributed by atoms with van der Waals surface area (Å²) in [4.78, 5) is 26.0. The van der Waals surface area contributed by atoms with E-state index in [1.165, 1.54) is 0 Å². The number of ether oxygens (including phenoxy) is 1. The van der Waals surface area contributed by atoms with Crippen LogP contribution < -0.4 is 5.32 Å². The molecule has 1 atom stereocenters. The van der Waals surface area contributed by atoms with Gasteiger partial charge in [-0.2, -0.15) is 0 Å². The number of rotatable bonds is 5. The molecule has 2 aliphatic rings. The first-order chi connectivity index (χ1) is 12.2. The number of benzene rings is 2. The first-order valence-electron chi connectivity index (χ1n) is 8.61. The van der Waals surface area contributed by atoms with E-state index in [9.17, 15) is 9.59 Å². The molecule has 25 heavy (non-hydrogen) atoms. The Morgan fingerprint density at radius 2 is 1.84 bits per heavy atom. The minimum absolute atomic E-state index is 0.154. The molecule has 128 valence electrons. The Bertz CT molecular complexity index is 787. The largest absolute Gasteiger partial charge is 0.442 e. The number of hydrogen-bond donors (Lipinski definition) is 1. The van der Waals surface area contributed by atoms with E-state index in [2.05, 4.69) is 5.32 Å². The lowest BCUT2D eigenvalue weighted by atomic mass is 10.0. The summed E-state index contributed by atoms with van der Waals surface area (Å²) in [7, 11) is 0. The fraction of sp³-hybridized carbons (Fsp3) is 0.300. The maximum absolute atomic E-state index is 12.4. The van der Waals surface area contributed by atoms with E-state index >= 15 is 0 Å².